The Kier molecular flexibility index (Phi) is 3.04. The molecule has 0 bridgehead atoms. The lowest BCUT2D eigenvalue weighted by atomic mass is 10.3. The highest BCUT2D eigenvalue weighted by Crippen LogP contribution is 2.13. The maximum absolute atomic E-state index is 12.2. The third-order valence-corrected chi connectivity index (χ3v) is 2.88. The van der Waals surface area contributed by atoms with Crippen molar-refractivity contribution in [1.29, 1.82) is 0 Å². The van der Waals surface area contributed by atoms with E-state index in [1.165, 1.54) is 6.33 Å². The standard InChI is InChI=1S/C12H13N7O/c1-18-12(19-4-2-3-5-19)9(6-16-18)11(20)13-7-10-14-8-15-17-10/h2-6,8H,7H2,1H3,(H,13,20)(H,14,15,17). The molecule has 1 amide bonds. The van der Waals surface area contributed by atoms with E-state index in [1.807, 2.05) is 29.1 Å². The number of aromatic nitrogens is 6. The summed E-state index contributed by atoms with van der Waals surface area (Å²) in [5.41, 5.74) is 0.503. The molecule has 0 saturated carbocycles. The van der Waals surface area contributed by atoms with Gasteiger partial charge in [0.05, 0.1) is 12.7 Å². The van der Waals surface area contributed by atoms with Gasteiger partial charge in [0.15, 0.2) is 0 Å². The number of nitrogens with one attached hydrogen (secondary N) is 2. The van der Waals surface area contributed by atoms with Crippen LogP contribution in [-0.4, -0.2) is 35.4 Å². The van der Waals surface area contributed by atoms with E-state index in [-0.39, 0.29) is 5.91 Å². The molecular weight excluding hydrogens is 258 g/mol. The van der Waals surface area contributed by atoms with Gasteiger partial charge in [-0.2, -0.15) is 10.2 Å². The Labute approximate surface area is 114 Å². The highest BCUT2D eigenvalue weighted by Gasteiger charge is 2.17. The lowest BCUT2D eigenvalue weighted by Crippen LogP contribution is -2.24. The highest BCUT2D eigenvalue weighted by atomic mass is 16.1. The number of amides is 1. The zero-order chi connectivity index (χ0) is 13.9. The fourth-order valence-electron chi connectivity index (χ4n) is 1.95. The SMILES string of the molecule is Cn1ncc(C(=O)NCc2ncn[nH]2)c1-n1cccc1. The zero-order valence-corrected chi connectivity index (χ0v) is 10.8. The molecule has 3 rings (SSSR count). The van der Waals surface area contributed by atoms with E-state index in [4.69, 9.17) is 0 Å². The van der Waals surface area contributed by atoms with E-state index in [9.17, 15) is 4.79 Å². The number of aromatic amines is 1. The van der Waals surface area contributed by atoms with Crippen molar-refractivity contribution in [1.82, 2.24) is 34.8 Å². The van der Waals surface area contributed by atoms with Gasteiger partial charge in [-0.15, -0.1) is 0 Å². The summed E-state index contributed by atoms with van der Waals surface area (Å²) in [5, 5.41) is 13.3. The number of hydrogen-bond donors (Lipinski definition) is 2. The fourth-order valence-corrected chi connectivity index (χ4v) is 1.95. The Morgan fingerprint density at radius 3 is 2.90 bits per heavy atom. The fraction of sp³-hybridized carbons (Fsp3) is 0.167. The van der Waals surface area contributed by atoms with Crippen LogP contribution in [-0.2, 0) is 13.6 Å². The van der Waals surface area contributed by atoms with E-state index < -0.39 is 0 Å². The van der Waals surface area contributed by atoms with Crippen LogP contribution in [0.2, 0.25) is 0 Å². The van der Waals surface area contributed by atoms with Crippen LogP contribution in [0.5, 0.6) is 0 Å². The monoisotopic (exact) mass is 271 g/mol. The number of carbonyl (C=O) groups excluding carboxylic acids is 1. The Bertz CT molecular complexity index is 696. The number of nitrogens with zero attached hydrogens (tertiary/aromatic N) is 5. The first kappa shape index (κ1) is 12.2. The van der Waals surface area contributed by atoms with Gasteiger partial charge in [0.1, 0.15) is 23.5 Å². The second-order valence-electron chi connectivity index (χ2n) is 4.21. The molecule has 0 aliphatic heterocycles. The highest BCUT2D eigenvalue weighted by molar-refractivity contribution is 5.97. The Balaban J connectivity index is 1.82. The molecule has 102 valence electrons. The van der Waals surface area contributed by atoms with E-state index in [0.717, 1.165) is 0 Å². The maximum atomic E-state index is 12.2. The smallest absolute Gasteiger partial charge is 0.257 e. The van der Waals surface area contributed by atoms with Gasteiger partial charge in [0, 0.05) is 19.4 Å². The van der Waals surface area contributed by atoms with E-state index in [1.54, 1.807) is 17.9 Å². The van der Waals surface area contributed by atoms with E-state index >= 15 is 0 Å². The van der Waals surface area contributed by atoms with Gasteiger partial charge in [0.2, 0.25) is 0 Å². The number of carbonyl (C=O) groups is 1. The molecule has 0 aromatic carbocycles. The summed E-state index contributed by atoms with van der Waals surface area (Å²) in [6.45, 7) is 0.291. The number of hydrogen-bond acceptors (Lipinski definition) is 4. The van der Waals surface area contributed by atoms with Gasteiger partial charge in [0.25, 0.3) is 5.91 Å². The molecule has 0 fully saturated rings. The molecule has 8 nitrogen and oxygen atoms in total. The summed E-state index contributed by atoms with van der Waals surface area (Å²) < 4.78 is 3.50. The first-order valence-electron chi connectivity index (χ1n) is 6.03. The molecule has 0 aliphatic carbocycles. The minimum Gasteiger partial charge on any atom is -0.345 e. The normalized spacial score (nSPS) is 10.7. The van der Waals surface area contributed by atoms with Crippen LogP contribution in [0.15, 0.2) is 37.1 Å². The molecular formula is C12H13N7O. The molecule has 0 aliphatic rings. The number of aryl methyl sites for hydroxylation is 1. The molecule has 0 spiro atoms. The maximum Gasteiger partial charge on any atom is 0.257 e. The topological polar surface area (TPSA) is 93.4 Å². The van der Waals surface area contributed by atoms with Gasteiger partial charge < -0.3 is 9.88 Å². The molecule has 0 radical (unpaired) electrons. The van der Waals surface area contributed by atoms with Crippen LogP contribution >= 0.6 is 0 Å². The molecule has 20 heavy (non-hydrogen) atoms. The van der Waals surface area contributed by atoms with Crippen molar-refractivity contribution in [2.24, 2.45) is 7.05 Å². The molecule has 0 atom stereocenters. The number of H-pyrrole nitrogens is 1. The van der Waals surface area contributed by atoms with Crippen LogP contribution in [0.3, 0.4) is 0 Å². The zero-order valence-electron chi connectivity index (χ0n) is 10.8. The summed E-state index contributed by atoms with van der Waals surface area (Å²) in [7, 11) is 1.79. The molecule has 3 aromatic heterocycles. The average molecular weight is 271 g/mol. The third kappa shape index (κ3) is 2.18. The third-order valence-electron chi connectivity index (χ3n) is 2.88. The van der Waals surface area contributed by atoms with Crippen molar-refractivity contribution in [3.63, 3.8) is 0 Å². The molecule has 3 aromatic rings. The summed E-state index contributed by atoms with van der Waals surface area (Å²) in [6, 6.07) is 3.78. The lowest BCUT2D eigenvalue weighted by Gasteiger charge is -2.07. The van der Waals surface area contributed by atoms with Crippen LogP contribution in [0, 0.1) is 0 Å². The lowest BCUT2D eigenvalue weighted by molar-refractivity contribution is 0.0950. The second kappa shape index (κ2) is 5.00. The van der Waals surface area contributed by atoms with Gasteiger partial charge in [-0.05, 0) is 12.1 Å². The van der Waals surface area contributed by atoms with Gasteiger partial charge in [-0.1, -0.05) is 0 Å². The van der Waals surface area contributed by atoms with Crippen LogP contribution in [0.25, 0.3) is 5.82 Å². The average Bonchev–Trinajstić information content (AvgIpc) is 3.17. The van der Waals surface area contributed by atoms with Crippen LogP contribution < -0.4 is 5.32 Å². The van der Waals surface area contributed by atoms with Gasteiger partial charge >= 0.3 is 0 Å². The molecule has 0 unspecified atom stereocenters. The summed E-state index contributed by atoms with van der Waals surface area (Å²) in [6.07, 6.45) is 6.68. The van der Waals surface area contributed by atoms with Gasteiger partial charge in [-0.25, -0.2) is 4.98 Å². The van der Waals surface area contributed by atoms with Crippen molar-refractivity contribution in [3.05, 3.63) is 48.4 Å². The molecule has 8 heteroatoms. The summed E-state index contributed by atoms with van der Waals surface area (Å²) >= 11 is 0. The Morgan fingerprint density at radius 1 is 1.40 bits per heavy atom. The first-order valence-corrected chi connectivity index (χ1v) is 6.03. The van der Waals surface area contributed by atoms with Crippen molar-refractivity contribution < 1.29 is 4.79 Å². The largest absolute Gasteiger partial charge is 0.345 e. The molecule has 3 heterocycles. The van der Waals surface area contributed by atoms with Crippen LogP contribution in [0.4, 0.5) is 0 Å². The van der Waals surface area contributed by atoms with E-state index in [2.05, 4.69) is 25.6 Å². The quantitative estimate of drug-likeness (QED) is 0.711. The molecule has 0 saturated heterocycles. The van der Waals surface area contributed by atoms with Crippen LogP contribution in [0.1, 0.15) is 16.2 Å². The predicted molar refractivity (Wildman–Crippen MR) is 70.1 cm³/mol. The predicted octanol–water partition coefficient (Wildman–Crippen LogP) is 0.259. The van der Waals surface area contributed by atoms with Crippen molar-refractivity contribution >= 4 is 5.91 Å². The number of rotatable bonds is 4. The summed E-state index contributed by atoms with van der Waals surface area (Å²) in [4.78, 5) is 16.2. The Morgan fingerprint density at radius 2 is 2.20 bits per heavy atom. The Hall–Kier alpha value is -2.90. The van der Waals surface area contributed by atoms with Crippen molar-refractivity contribution in [2.75, 3.05) is 0 Å². The van der Waals surface area contributed by atoms with Crippen molar-refractivity contribution in [2.45, 2.75) is 6.54 Å². The van der Waals surface area contributed by atoms with Gasteiger partial charge in [-0.3, -0.25) is 14.6 Å². The van der Waals surface area contributed by atoms with E-state index in [0.29, 0.717) is 23.8 Å². The minimum absolute atomic E-state index is 0.210. The molecule has 2 N–H and O–H groups in total. The summed E-state index contributed by atoms with van der Waals surface area (Å²) in [5.74, 6) is 1.10. The minimum atomic E-state index is -0.210. The second-order valence-corrected chi connectivity index (χ2v) is 4.21. The van der Waals surface area contributed by atoms with Crippen molar-refractivity contribution in [3.8, 4) is 5.82 Å². The first-order chi connectivity index (χ1) is 9.75.